The van der Waals surface area contributed by atoms with E-state index in [-0.39, 0.29) is 30.0 Å². The summed E-state index contributed by atoms with van der Waals surface area (Å²) in [6, 6.07) is 6.71. The third-order valence-electron chi connectivity index (χ3n) is 6.08. The zero-order valence-electron chi connectivity index (χ0n) is 21.6. The van der Waals surface area contributed by atoms with Crippen LogP contribution < -0.4 is 11.2 Å². The lowest BCUT2D eigenvalue weighted by Crippen LogP contribution is -2.45. The van der Waals surface area contributed by atoms with E-state index in [1.54, 1.807) is 39.8 Å². The Morgan fingerprint density at radius 2 is 1.81 bits per heavy atom. The van der Waals surface area contributed by atoms with E-state index in [1.807, 2.05) is 6.07 Å². The molecule has 11 heteroatoms. The van der Waals surface area contributed by atoms with E-state index in [0.717, 1.165) is 17.7 Å². The number of morpholine rings is 1. The van der Waals surface area contributed by atoms with Crippen LogP contribution in [0.15, 0.2) is 27.8 Å². The highest BCUT2D eigenvalue weighted by atomic mass is 16.7. The predicted octanol–water partition coefficient (Wildman–Crippen LogP) is 2.01. The minimum atomic E-state index is -1.00. The predicted molar refractivity (Wildman–Crippen MR) is 134 cm³/mol. The molecule has 0 saturated carbocycles. The Morgan fingerprint density at radius 3 is 2.43 bits per heavy atom. The highest BCUT2D eigenvalue weighted by molar-refractivity contribution is 6.09. The number of hydrogen-bond donors (Lipinski definition) is 0. The van der Waals surface area contributed by atoms with Crippen molar-refractivity contribution in [1.29, 1.82) is 5.26 Å². The summed E-state index contributed by atoms with van der Waals surface area (Å²) >= 11 is 0. The molecular weight excluding hydrogens is 480 g/mol. The van der Waals surface area contributed by atoms with Crippen molar-refractivity contribution in [3.8, 4) is 6.07 Å². The molecule has 1 aromatic carbocycles. The first kappa shape index (κ1) is 27.8. The van der Waals surface area contributed by atoms with Crippen molar-refractivity contribution in [1.82, 2.24) is 14.0 Å². The minimum Gasteiger partial charge on any atom is -0.433 e. The lowest BCUT2D eigenvalue weighted by molar-refractivity contribution is 0.00728. The zero-order valence-corrected chi connectivity index (χ0v) is 21.6. The lowest BCUT2D eigenvalue weighted by Gasteiger charge is -2.26. The van der Waals surface area contributed by atoms with Gasteiger partial charge in [-0.3, -0.25) is 19.1 Å². The summed E-state index contributed by atoms with van der Waals surface area (Å²) in [5.41, 5.74) is -0.210. The Bertz CT molecular complexity index is 1310. The van der Waals surface area contributed by atoms with Crippen LogP contribution in [0.4, 0.5) is 4.79 Å². The van der Waals surface area contributed by atoms with Crippen LogP contribution in [0.5, 0.6) is 0 Å². The van der Waals surface area contributed by atoms with Gasteiger partial charge in [0.15, 0.2) is 6.73 Å². The molecule has 0 bridgehead atoms. The fourth-order valence-corrected chi connectivity index (χ4v) is 4.25. The molecule has 0 spiro atoms. The number of hydrogen-bond acceptors (Lipinski definition) is 9. The van der Waals surface area contributed by atoms with Gasteiger partial charge in [-0.25, -0.2) is 14.2 Å². The van der Waals surface area contributed by atoms with Gasteiger partial charge in [0.2, 0.25) is 5.78 Å². The molecule has 0 aliphatic carbocycles. The molecule has 1 fully saturated rings. The van der Waals surface area contributed by atoms with Crippen LogP contribution in [0.25, 0.3) is 0 Å². The fraction of sp³-hybridized carbons (Fsp3) is 0.500. The Kier molecular flexibility index (Phi) is 9.38. The van der Waals surface area contributed by atoms with E-state index in [0.29, 0.717) is 30.9 Å². The number of carbonyl (C=O) groups is 2. The number of nitrogens with zero attached hydrogens (tertiary/aromatic N) is 4. The monoisotopic (exact) mass is 512 g/mol. The molecule has 0 radical (unpaired) electrons. The van der Waals surface area contributed by atoms with Gasteiger partial charge in [-0.2, -0.15) is 5.26 Å². The first-order valence-electron chi connectivity index (χ1n) is 12.2. The Morgan fingerprint density at radius 1 is 1.11 bits per heavy atom. The molecule has 1 aromatic heterocycles. The van der Waals surface area contributed by atoms with Crippen LogP contribution in [0, 0.1) is 18.3 Å². The van der Waals surface area contributed by atoms with Gasteiger partial charge in [0.1, 0.15) is 12.3 Å². The van der Waals surface area contributed by atoms with E-state index < -0.39 is 35.8 Å². The zero-order chi connectivity index (χ0) is 27.1. The number of ketones is 1. The van der Waals surface area contributed by atoms with Crippen molar-refractivity contribution >= 4 is 11.9 Å². The van der Waals surface area contributed by atoms with Crippen molar-refractivity contribution in [2.45, 2.75) is 46.9 Å². The van der Waals surface area contributed by atoms with Crippen molar-refractivity contribution in [2.24, 2.45) is 0 Å². The summed E-state index contributed by atoms with van der Waals surface area (Å²) < 4.78 is 17.4. The minimum absolute atomic E-state index is 0.0358. The number of ether oxygens (including phenoxy) is 3. The van der Waals surface area contributed by atoms with Gasteiger partial charge in [0, 0.05) is 37.3 Å². The van der Waals surface area contributed by atoms with Gasteiger partial charge >= 0.3 is 11.8 Å². The Labute approximate surface area is 214 Å². The highest BCUT2D eigenvalue weighted by Gasteiger charge is 2.27. The van der Waals surface area contributed by atoms with Crippen molar-refractivity contribution in [3.63, 3.8) is 0 Å². The van der Waals surface area contributed by atoms with Crippen LogP contribution in [0.1, 0.15) is 59.4 Å². The fourth-order valence-electron chi connectivity index (χ4n) is 4.25. The molecule has 1 saturated heterocycles. The molecular formula is C26H32N4O7. The molecule has 3 rings (SSSR count). The molecule has 0 unspecified atom stereocenters. The normalized spacial score (nSPS) is 13.8. The molecule has 0 N–H and O–H groups in total. The summed E-state index contributed by atoms with van der Waals surface area (Å²) in [5.74, 6) is -0.952. The van der Waals surface area contributed by atoms with Crippen LogP contribution in [-0.4, -0.2) is 65.4 Å². The summed E-state index contributed by atoms with van der Waals surface area (Å²) in [6.45, 7) is 9.70. The standard InChI is InChI=1S/C26H32N4O7/c1-5-29-22(23(31)20-13-18(4)12-19(14-20)15-27)21(17(2)3)24(32)30(25(29)33)16-37-26(34)36-11-8-28-6-9-35-10-7-28/h12-14,17H,5-11,16H2,1-4H3. The van der Waals surface area contributed by atoms with E-state index >= 15 is 0 Å². The third-order valence-corrected chi connectivity index (χ3v) is 6.08. The number of nitriles is 1. The maximum atomic E-state index is 13.6. The van der Waals surface area contributed by atoms with Gasteiger partial charge in [0.05, 0.1) is 24.8 Å². The molecule has 11 nitrogen and oxygen atoms in total. The van der Waals surface area contributed by atoms with Gasteiger partial charge in [-0.05, 0) is 43.5 Å². The van der Waals surface area contributed by atoms with E-state index in [2.05, 4.69) is 4.90 Å². The van der Waals surface area contributed by atoms with Crippen LogP contribution in [0.2, 0.25) is 0 Å². The molecule has 198 valence electrons. The summed E-state index contributed by atoms with van der Waals surface area (Å²) in [4.78, 5) is 54.4. The summed E-state index contributed by atoms with van der Waals surface area (Å²) in [6.07, 6.45) is -1.00. The van der Waals surface area contributed by atoms with Gasteiger partial charge in [-0.15, -0.1) is 0 Å². The van der Waals surface area contributed by atoms with Crippen molar-refractivity contribution in [3.05, 3.63) is 67.0 Å². The quantitative estimate of drug-likeness (QED) is 0.365. The largest absolute Gasteiger partial charge is 0.510 e. The number of aromatic nitrogens is 2. The molecule has 1 aliphatic rings. The smallest absolute Gasteiger partial charge is 0.433 e. The molecule has 0 atom stereocenters. The maximum absolute atomic E-state index is 13.6. The molecule has 37 heavy (non-hydrogen) atoms. The highest BCUT2D eigenvalue weighted by Crippen LogP contribution is 2.20. The number of benzene rings is 1. The second kappa shape index (κ2) is 12.5. The molecule has 2 heterocycles. The van der Waals surface area contributed by atoms with E-state index in [9.17, 15) is 24.4 Å². The number of rotatable bonds is 9. The molecule has 2 aromatic rings. The average Bonchev–Trinajstić information content (AvgIpc) is 2.87. The third kappa shape index (κ3) is 6.53. The van der Waals surface area contributed by atoms with Gasteiger partial charge in [-0.1, -0.05) is 13.8 Å². The Balaban J connectivity index is 1.88. The van der Waals surface area contributed by atoms with E-state index in [1.165, 1.54) is 10.6 Å². The van der Waals surface area contributed by atoms with Crippen molar-refractivity contribution in [2.75, 3.05) is 39.5 Å². The summed E-state index contributed by atoms with van der Waals surface area (Å²) in [5, 5.41) is 9.30. The topological polar surface area (TPSA) is 133 Å². The first-order chi connectivity index (χ1) is 17.7. The average molecular weight is 513 g/mol. The maximum Gasteiger partial charge on any atom is 0.510 e. The molecule has 0 amide bonds. The first-order valence-corrected chi connectivity index (χ1v) is 12.2. The van der Waals surface area contributed by atoms with Gasteiger partial charge in [0.25, 0.3) is 5.56 Å². The van der Waals surface area contributed by atoms with Crippen LogP contribution in [0.3, 0.4) is 0 Å². The number of aryl methyl sites for hydroxylation is 1. The van der Waals surface area contributed by atoms with Gasteiger partial charge < -0.3 is 14.2 Å². The van der Waals surface area contributed by atoms with Crippen LogP contribution >= 0.6 is 0 Å². The summed E-state index contributed by atoms with van der Waals surface area (Å²) in [7, 11) is 0. The molecule has 1 aliphatic heterocycles. The van der Waals surface area contributed by atoms with E-state index in [4.69, 9.17) is 14.2 Å². The van der Waals surface area contributed by atoms with Crippen molar-refractivity contribution < 1.29 is 23.8 Å². The second-order valence-corrected chi connectivity index (χ2v) is 9.03. The number of carbonyl (C=O) groups excluding carboxylic acids is 2. The SMILES string of the molecule is CCn1c(C(=O)c2cc(C)cc(C#N)c2)c(C(C)C)c(=O)n(COC(=O)OCCN2CCOCC2)c1=O. The second-order valence-electron chi connectivity index (χ2n) is 9.03. The van der Waals surface area contributed by atoms with Crippen LogP contribution in [-0.2, 0) is 27.5 Å². The lowest BCUT2D eigenvalue weighted by atomic mass is 9.95. The Hall–Kier alpha value is -3.75.